The molecule has 2 aromatic carbocycles. The Labute approximate surface area is 469 Å². The van der Waals surface area contributed by atoms with Crippen LogP contribution in [0, 0.1) is 35.4 Å². The lowest BCUT2D eigenvalue weighted by molar-refractivity contribution is -0.141. The maximum absolute atomic E-state index is 14.7. The molecule has 3 heterocycles. The number of Topliss-reactive ketones (excluding diaryl/α,β-unsaturated/α-hetero) is 1. The molecule has 422 valence electrons. The van der Waals surface area contributed by atoms with Gasteiger partial charge in [-0.2, -0.15) is 0 Å². The lowest BCUT2D eigenvalue weighted by Gasteiger charge is -2.39. The molecule has 0 spiro atoms. The summed E-state index contributed by atoms with van der Waals surface area (Å²) >= 11 is 9.04. The first-order valence-electron chi connectivity index (χ1n) is 26.7. The van der Waals surface area contributed by atoms with Crippen molar-refractivity contribution in [3.63, 3.8) is 0 Å². The van der Waals surface area contributed by atoms with Crippen molar-refractivity contribution >= 4 is 68.7 Å². The lowest BCUT2D eigenvalue weighted by atomic mass is 9.69. The molecule has 21 heteroatoms. The van der Waals surface area contributed by atoms with E-state index in [0.29, 0.717) is 90.3 Å². The van der Waals surface area contributed by atoms with Crippen LogP contribution in [0.5, 0.6) is 5.75 Å². The molecule has 17 nitrogen and oxygen atoms in total. The number of anilines is 2. The quantitative estimate of drug-likeness (QED) is 0.0283. The standard InChI is InChI=1S/C57H73ClFN7O10S2/c1-37-51(78-36-63-37)39-13-11-38(12-14-39)35-62-53(70)44-33-41(67)15-16-43(44)50(69)52(56(2,3)4)66-48(68)19-24-72-26-28-74-30-31-75-29-27-73-25-22-60-54(71)57(34-40-7-5-10-47(64-40)65-55-61-23-32-77-55)20-17-42(18-21-57)76-46-9-6-8-45(58)49(46)59/h5-14,23,32,36,41-44,52,67H,15-22,24-31,33-35H2,1-4H3,(H,60,71)(H,62,70)(H,66,68)(H,61,64,65)/t41-,42?,43?,44+,52+,57?/m0/s1. The second kappa shape index (κ2) is 29.7. The number of aryl methyl sites for hydroxylation is 1. The highest BCUT2D eigenvalue weighted by molar-refractivity contribution is 7.13. The Kier molecular flexibility index (Phi) is 22.9. The molecule has 3 amide bonds. The highest BCUT2D eigenvalue weighted by atomic mass is 35.5. The van der Waals surface area contributed by atoms with Crippen molar-refractivity contribution in [1.29, 1.82) is 0 Å². The largest absolute Gasteiger partial charge is 0.487 e. The Hall–Kier alpha value is -5.45. The number of carbonyl (C=O) groups excluding carboxylic acids is 4. The van der Waals surface area contributed by atoms with Crippen LogP contribution in [-0.2, 0) is 51.1 Å². The summed E-state index contributed by atoms with van der Waals surface area (Å²) < 4.78 is 43.4. The van der Waals surface area contributed by atoms with Crippen molar-refractivity contribution in [2.45, 2.75) is 110 Å². The van der Waals surface area contributed by atoms with E-state index in [-0.39, 0.29) is 79.6 Å². The zero-order valence-electron chi connectivity index (χ0n) is 44.9. The predicted molar refractivity (Wildman–Crippen MR) is 298 cm³/mol. The number of ketones is 1. The van der Waals surface area contributed by atoms with Gasteiger partial charge < -0.3 is 50.1 Å². The summed E-state index contributed by atoms with van der Waals surface area (Å²) in [6.45, 7) is 10.5. The molecule has 3 aromatic heterocycles. The van der Waals surface area contributed by atoms with Crippen LogP contribution in [0.25, 0.3) is 10.4 Å². The lowest BCUT2D eigenvalue weighted by Crippen LogP contribution is -2.54. The fourth-order valence-electron chi connectivity index (χ4n) is 9.85. The van der Waals surface area contributed by atoms with Crippen LogP contribution in [0.2, 0.25) is 5.02 Å². The Balaban J connectivity index is 0.752. The molecule has 5 aromatic rings. The van der Waals surface area contributed by atoms with Crippen LogP contribution >= 0.6 is 34.3 Å². The van der Waals surface area contributed by atoms with Gasteiger partial charge in [0.2, 0.25) is 17.7 Å². The number of amides is 3. The van der Waals surface area contributed by atoms with Crippen molar-refractivity contribution in [1.82, 2.24) is 30.9 Å². The van der Waals surface area contributed by atoms with Crippen molar-refractivity contribution in [3.8, 4) is 16.2 Å². The van der Waals surface area contributed by atoms with Gasteiger partial charge in [-0.05, 0) is 92.7 Å². The van der Waals surface area contributed by atoms with Crippen LogP contribution in [0.4, 0.5) is 15.3 Å². The Morgan fingerprint density at radius 2 is 1.53 bits per heavy atom. The van der Waals surface area contributed by atoms with Gasteiger partial charge in [-0.3, -0.25) is 19.2 Å². The first-order chi connectivity index (χ1) is 37.6. The van der Waals surface area contributed by atoms with Gasteiger partial charge in [0.15, 0.2) is 22.5 Å². The number of aliphatic hydroxyl groups excluding tert-OH is 1. The van der Waals surface area contributed by atoms with E-state index in [1.165, 1.54) is 17.4 Å². The molecule has 0 bridgehead atoms. The molecular formula is C57H73ClFN7O10S2. The van der Waals surface area contributed by atoms with E-state index in [0.717, 1.165) is 32.5 Å². The van der Waals surface area contributed by atoms with Gasteiger partial charge in [0.1, 0.15) is 5.82 Å². The number of rotatable bonds is 29. The summed E-state index contributed by atoms with van der Waals surface area (Å²) in [5.74, 6) is -2.21. The van der Waals surface area contributed by atoms with Crippen LogP contribution in [-0.4, -0.2) is 121 Å². The number of carbonyl (C=O) groups is 4. The first kappa shape index (κ1) is 60.2. The normalized spacial score (nSPS) is 19.9. The molecule has 78 heavy (non-hydrogen) atoms. The van der Waals surface area contributed by atoms with E-state index < -0.39 is 40.6 Å². The number of aromatic nitrogens is 3. The molecule has 2 aliphatic rings. The number of nitrogens with zero attached hydrogens (tertiary/aromatic N) is 3. The minimum atomic E-state index is -0.846. The minimum Gasteiger partial charge on any atom is -0.487 e. The fraction of sp³-hybridized carbons (Fsp3) is 0.526. The maximum atomic E-state index is 14.7. The van der Waals surface area contributed by atoms with E-state index in [1.807, 2.05) is 81.1 Å². The summed E-state index contributed by atoms with van der Waals surface area (Å²) in [5.41, 5.74) is 4.09. The molecule has 0 aliphatic heterocycles. The second-order valence-corrected chi connectivity index (χ2v) is 23.0. The van der Waals surface area contributed by atoms with Gasteiger partial charge in [0.25, 0.3) is 0 Å². The number of nitrogens with one attached hydrogen (secondary N) is 4. The number of ether oxygens (including phenoxy) is 5. The van der Waals surface area contributed by atoms with Gasteiger partial charge >= 0.3 is 0 Å². The number of hydrogen-bond donors (Lipinski definition) is 5. The Morgan fingerprint density at radius 3 is 2.19 bits per heavy atom. The zero-order chi connectivity index (χ0) is 55.5. The maximum Gasteiger partial charge on any atom is 0.226 e. The van der Waals surface area contributed by atoms with E-state index in [4.69, 9.17) is 40.3 Å². The summed E-state index contributed by atoms with van der Waals surface area (Å²) in [7, 11) is 0. The van der Waals surface area contributed by atoms with E-state index in [2.05, 4.69) is 31.2 Å². The van der Waals surface area contributed by atoms with Gasteiger partial charge in [0, 0.05) is 49.1 Å². The van der Waals surface area contributed by atoms with E-state index in [9.17, 15) is 28.7 Å². The van der Waals surface area contributed by atoms with Gasteiger partial charge in [-0.25, -0.2) is 19.3 Å². The molecule has 4 atom stereocenters. The third-order valence-corrected chi connectivity index (χ3v) is 16.1. The van der Waals surface area contributed by atoms with Crippen LogP contribution in [0.15, 0.2) is 77.8 Å². The van der Waals surface area contributed by atoms with Crippen LogP contribution in [0.3, 0.4) is 0 Å². The first-order valence-corrected chi connectivity index (χ1v) is 28.8. The molecule has 2 saturated carbocycles. The summed E-state index contributed by atoms with van der Waals surface area (Å²) in [4.78, 5) is 69.5. The summed E-state index contributed by atoms with van der Waals surface area (Å²) in [6.07, 6.45) is 4.17. The van der Waals surface area contributed by atoms with Crippen LogP contribution < -0.4 is 26.0 Å². The van der Waals surface area contributed by atoms with Crippen molar-refractivity contribution in [3.05, 3.63) is 106 Å². The average Bonchev–Trinajstić information content (AvgIpc) is 4.16. The van der Waals surface area contributed by atoms with Gasteiger partial charge in [0.05, 0.1) is 104 Å². The van der Waals surface area contributed by atoms with E-state index >= 15 is 0 Å². The Morgan fingerprint density at radius 1 is 0.833 bits per heavy atom. The van der Waals surface area contributed by atoms with Crippen molar-refractivity contribution < 1.29 is 52.4 Å². The minimum absolute atomic E-state index is 0.00647. The molecule has 0 saturated heterocycles. The SMILES string of the molecule is Cc1ncsc1-c1ccc(CNC(=O)[C@@H]2C[C@@H](O)CCC2C(=O)[C@@H](NC(=O)CCOCCOCCOCCOCCNC(=O)C2(Cc3cccc(Nc4nccs4)n3)CCC(Oc3cccc(Cl)c3F)CC2)C(C)(C)C)cc1. The molecule has 2 aliphatic carbocycles. The molecule has 2 fully saturated rings. The number of halogens is 2. The molecular weight excluding hydrogens is 1060 g/mol. The number of hydrogen-bond acceptors (Lipinski definition) is 16. The number of pyridine rings is 1. The topological polar surface area (TPSA) is 221 Å². The predicted octanol–water partition coefficient (Wildman–Crippen LogP) is 8.82. The monoisotopic (exact) mass is 1130 g/mol. The third kappa shape index (κ3) is 17.8. The molecule has 0 radical (unpaired) electrons. The molecule has 1 unspecified atom stereocenters. The number of aliphatic hydroxyl groups is 1. The Bertz CT molecular complexity index is 2700. The summed E-state index contributed by atoms with van der Waals surface area (Å²) in [6, 6.07) is 17.4. The molecule has 5 N–H and O–H groups in total. The van der Waals surface area contributed by atoms with Crippen molar-refractivity contribution in [2.24, 2.45) is 22.7 Å². The number of benzene rings is 2. The van der Waals surface area contributed by atoms with Gasteiger partial charge in [-0.15, -0.1) is 22.7 Å². The zero-order valence-corrected chi connectivity index (χ0v) is 47.3. The third-order valence-electron chi connectivity index (χ3n) is 14.1. The highest BCUT2D eigenvalue weighted by Crippen LogP contribution is 2.42. The van der Waals surface area contributed by atoms with Crippen LogP contribution in [0.1, 0.15) is 89.1 Å². The summed E-state index contributed by atoms with van der Waals surface area (Å²) in [5, 5.41) is 25.4. The highest BCUT2D eigenvalue weighted by Gasteiger charge is 2.45. The fourth-order valence-corrected chi connectivity index (χ4v) is 11.4. The van der Waals surface area contributed by atoms with Gasteiger partial charge in [-0.1, -0.05) is 68.8 Å². The molecule has 7 rings (SSSR count). The second-order valence-electron chi connectivity index (χ2n) is 20.9. The number of thiazole rings is 2. The smallest absolute Gasteiger partial charge is 0.226 e. The van der Waals surface area contributed by atoms with Crippen molar-refractivity contribution in [2.75, 3.05) is 64.7 Å². The average molecular weight is 1130 g/mol. The van der Waals surface area contributed by atoms with E-state index in [1.54, 1.807) is 29.7 Å².